The molecule has 2 rings (SSSR count). The summed E-state index contributed by atoms with van der Waals surface area (Å²) in [6.07, 6.45) is 1.85. The highest BCUT2D eigenvalue weighted by Gasteiger charge is 2.05. The average molecular weight is 476 g/mol. The molecule has 0 bridgehead atoms. The highest BCUT2D eigenvalue weighted by molar-refractivity contribution is 14.0. The molecule has 0 fully saturated rings. The number of halogens is 2. The van der Waals surface area contributed by atoms with Gasteiger partial charge in [0.25, 0.3) is 0 Å². The van der Waals surface area contributed by atoms with E-state index in [-0.39, 0.29) is 24.0 Å². The second-order valence-corrected chi connectivity index (χ2v) is 5.63. The smallest absolute Gasteiger partial charge is 0.193 e. The van der Waals surface area contributed by atoms with Crippen molar-refractivity contribution < 1.29 is 9.47 Å². The van der Waals surface area contributed by atoms with Gasteiger partial charge in [-0.2, -0.15) is 0 Å². The van der Waals surface area contributed by atoms with Gasteiger partial charge in [-0.25, -0.2) is 0 Å². The molecule has 0 spiro atoms. The third-order valence-corrected chi connectivity index (χ3v) is 3.73. The van der Waals surface area contributed by atoms with Gasteiger partial charge in [-0.05, 0) is 42.7 Å². The number of rotatable bonds is 7. The number of guanidine groups is 1. The van der Waals surface area contributed by atoms with Crippen LogP contribution in [0, 0.1) is 0 Å². The Balaban J connectivity index is 0.00000312. The Hall–Kier alpha value is -1.67. The number of anilines is 1. The molecule has 0 aliphatic carbocycles. The van der Waals surface area contributed by atoms with Crippen LogP contribution in [0.25, 0.3) is 0 Å². The van der Waals surface area contributed by atoms with Gasteiger partial charge in [-0.15, -0.1) is 24.0 Å². The van der Waals surface area contributed by atoms with E-state index in [0.29, 0.717) is 24.0 Å². The number of benzene rings is 2. The van der Waals surface area contributed by atoms with Crippen LogP contribution in [0.5, 0.6) is 11.5 Å². The molecule has 3 N–H and O–H groups in total. The zero-order valence-corrected chi connectivity index (χ0v) is 17.4. The van der Waals surface area contributed by atoms with E-state index in [1.54, 1.807) is 14.2 Å². The van der Waals surface area contributed by atoms with Gasteiger partial charge in [0.1, 0.15) is 0 Å². The molecule has 136 valence electrons. The zero-order chi connectivity index (χ0) is 17.4. The molecule has 0 aliphatic rings. The Morgan fingerprint density at radius 2 is 1.76 bits per heavy atom. The first-order valence-electron chi connectivity index (χ1n) is 7.66. The van der Waals surface area contributed by atoms with Crippen molar-refractivity contribution in [1.29, 1.82) is 0 Å². The maximum atomic E-state index is 5.92. The van der Waals surface area contributed by atoms with Gasteiger partial charge >= 0.3 is 0 Å². The molecule has 2 aromatic rings. The second-order valence-electron chi connectivity index (χ2n) is 5.19. The summed E-state index contributed by atoms with van der Waals surface area (Å²) in [6, 6.07) is 13.3. The number of hydrogen-bond acceptors (Lipinski definition) is 3. The molecule has 0 unspecified atom stereocenters. The number of aliphatic imine (C=N–C) groups is 1. The molecule has 0 saturated carbocycles. The lowest BCUT2D eigenvalue weighted by Crippen LogP contribution is -2.22. The summed E-state index contributed by atoms with van der Waals surface area (Å²) in [5.74, 6) is 1.68. The van der Waals surface area contributed by atoms with Crippen LogP contribution in [-0.2, 0) is 6.42 Å². The summed E-state index contributed by atoms with van der Waals surface area (Å²) < 4.78 is 10.5. The summed E-state index contributed by atoms with van der Waals surface area (Å²) in [5.41, 5.74) is 7.95. The first-order valence-corrected chi connectivity index (χ1v) is 8.03. The molecule has 7 heteroatoms. The van der Waals surface area contributed by atoms with Gasteiger partial charge in [0.2, 0.25) is 0 Å². The van der Waals surface area contributed by atoms with Crippen LogP contribution in [0.2, 0.25) is 5.02 Å². The minimum Gasteiger partial charge on any atom is -0.493 e. The van der Waals surface area contributed by atoms with Crippen molar-refractivity contribution >= 4 is 47.2 Å². The van der Waals surface area contributed by atoms with Crippen LogP contribution >= 0.6 is 35.6 Å². The first-order chi connectivity index (χ1) is 11.6. The maximum absolute atomic E-state index is 5.92. The molecule has 0 aliphatic heterocycles. The Labute approximate surface area is 170 Å². The third kappa shape index (κ3) is 6.99. The molecule has 2 aromatic carbocycles. The van der Waals surface area contributed by atoms with E-state index in [9.17, 15) is 0 Å². The molecule has 0 radical (unpaired) electrons. The fourth-order valence-electron chi connectivity index (χ4n) is 2.24. The molecular weight excluding hydrogens is 453 g/mol. The van der Waals surface area contributed by atoms with Crippen molar-refractivity contribution in [1.82, 2.24) is 0 Å². The highest BCUT2D eigenvalue weighted by atomic mass is 127. The summed E-state index contributed by atoms with van der Waals surface area (Å²) in [5, 5.41) is 3.80. The predicted octanol–water partition coefficient (Wildman–Crippen LogP) is 4.33. The molecular formula is C18H23ClIN3O2. The van der Waals surface area contributed by atoms with E-state index < -0.39 is 0 Å². The molecule has 0 saturated heterocycles. The quantitative estimate of drug-likeness (QED) is 0.271. The molecule has 0 amide bonds. The van der Waals surface area contributed by atoms with Gasteiger partial charge in [-0.3, -0.25) is 4.99 Å². The van der Waals surface area contributed by atoms with Gasteiger partial charge in [0, 0.05) is 23.3 Å². The lowest BCUT2D eigenvalue weighted by molar-refractivity contribution is 0.355. The van der Waals surface area contributed by atoms with Crippen molar-refractivity contribution in [2.45, 2.75) is 12.8 Å². The van der Waals surface area contributed by atoms with Gasteiger partial charge < -0.3 is 20.5 Å². The Morgan fingerprint density at radius 3 is 2.40 bits per heavy atom. The van der Waals surface area contributed by atoms with E-state index in [2.05, 4.69) is 10.3 Å². The topological polar surface area (TPSA) is 68.9 Å². The van der Waals surface area contributed by atoms with E-state index in [1.807, 2.05) is 42.5 Å². The normalized spacial score (nSPS) is 10.8. The molecule has 0 aromatic heterocycles. The molecule has 25 heavy (non-hydrogen) atoms. The van der Waals surface area contributed by atoms with Crippen LogP contribution < -0.4 is 20.5 Å². The molecule has 0 atom stereocenters. The Morgan fingerprint density at radius 1 is 1.08 bits per heavy atom. The van der Waals surface area contributed by atoms with Crippen LogP contribution in [0.4, 0.5) is 5.69 Å². The number of aryl methyl sites for hydroxylation is 1. The monoisotopic (exact) mass is 475 g/mol. The van der Waals surface area contributed by atoms with E-state index in [0.717, 1.165) is 23.6 Å². The van der Waals surface area contributed by atoms with Gasteiger partial charge in [-0.1, -0.05) is 23.7 Å². The number of nitrogens with one attached hydrogen (secondary N) is 1. The van der Waals surface area contributed by atoms with E-state index in [4.69, 9.17) is 26.8 Å². The maximum Gasteiger partial charge on any atom is 0.193 e. The standard InChI is InChI=1S/C18H22ClN3O2.HI/c1-23-16-10-9-15(12-17(16)24-2)22-18(20)21-11-3-4-13-5-7-14(19)8-6-13;/h5-10,12H,3-4,11H2,1-2H3,(H3,20,21,22);1H. The summed E-state index contributed by atoms with van der Waals surface area (Å²) >= 11 is 5.87. The van der Waals surface area contributed by atoms with Crippen molar-refractivity contribution in [3.63, 3.8) is 0 Å². The number of ether oxygens (including phenoxy) is 2. The lowest BCUT2D eigenvalue weighted by atomic mass is 10.1. The SMILES string of the molecule is COc1ccc(NC(N)=NCCCc2ccc(Cl)cc2)cc1OC.I. The minimum atomic E-state index is 0. The van der Waals surface area contributed by atoms with E-state index >= 15 is 0 Å². The van der Waals surface area contributed by atoms with Crippen molar-refractivity contribution in [2.24, 2.45) is 10.7 Å². The largest absolute Gasteiger partial charge is 0.493 e. The number of methoxy groups -OCH3 is 2. The fourth-order valence-corrected chi connectivity index (χ4v) is 2.36. The van der Waals surface area contributed by atoms with Crippen LogP contribution in [0.3, 0.4) is 0 Å². The minimum absolute atomic E-state index is 0. The highest BCUT2D eigenvalue weighted by Crippen LogP contribution is 2.29. The summed E-state index contributed by atoms with van der Waals surface area (Å²) in [6.45, 7) is 0.648. The lowest BCUT2D eigenvalue weighted by Gasteiger charge is -2.11. The average Bonchev–Trinajstić information content (AvgIpc) is 2.60. The van der Waals surface area contributed by atoms with Gasteiger partial charge in [0.15, 0.2) is 17.5 Å². The number of nitrogens with zero attached hydrogens (tertiary/aromatic N) is 1. The number of hydrogen-bond donors (Lipinski definition) is 2. The summed E-state index contributed by atoms with van der Waals surface area (Å²) in [7, 11) is 3.19. The van der Waals surface area contributed by atoms with Crippen molar-refractivity contribution in [3.8, 4) is 11.5 Å². The fraction of sp³-hybridized carbons (Fsp3) is 0.278. The molecule has 5 nitrogen and oxygen atoms in total. The van der Waals surface area contributed by atoms with Crippen molar-refractivity contribution in [3.05, 3.63) is 53.1 Å². The number of nitrogens with two attached hydrogens (primary N) is 1. The third-order valence-electron chi connectivity index (χ3n) is 3.47. The molecule has 0 heterocycles. The van der Waals surface area contributed by atoms with E-state index in [1.165, 1.54) is 5.56 Å². The zero-order valence-electron chi connectivity index (χ0n) is 14.3. The van der Waals surface area contributed by atoms with Crippen LogP contribution in [0.15, 0.2) is 47.5 Å². The Bertz CT molecular complexity index is 693. The van der Waals surface area contributed by atoms with Crippen LogP contribution in [0.1, 0.15) is 12.0 Å². The first kappa shape index (κ1) is 21.4. The second kappa shape index (κ2) is 11.0. The van der Waals surface area contributed by atoms with Gasteiger partial charge in [0.05, 0.1) is 14.2 Å². The Kier molecular flexibility index (Phi) is 9.44. The van der Waals surface area contributed by atoms with Crippen LogP contribution in [-0.4, -0.2) is 26.7 Å². The summed E-state index contributed by atoms with van der Waals surface area (Å²) in [4.78, 5) is 4.34. The predicted molar refractivity (Wildman–Crippen MR) is 115 cm³/mol. The van der Waals surface area contributed by atoms with Crippen molar-refractivity contribution in [2.75, 3.05) is 26.1 Å².